The van der Waals surface area contributed by atoms with E-state index in [2.05, 4.69) is 0 Å². The standard InChI is InChI=1S/C13H18N2O3S2/c1-14(2)12(17)19-10-5-9(8-16)6-11(7-10)20-13(18)15(3)4/h5-7,16H,8H2,1-4H3. The predicted octanol–water partition coefficient (Wildman–Crippen LogP) is 2.73. The zero-order chi connectivity index (χ0) is 15.3. The molecular formula is C13H18N2O3S2. The van der Waals surface area contributed by atoms with Crippen LogP contribution in [0.5, 0.6) is 0 Å². The third-order valence-electron chi connectivity index (χ3n) is 2.26. The van der Waals surface area contributed by atoms with Crippen molar-refractivity contribution in [2.75, 3.05) is 28.2 Å². The Kier molecular flexibility index (Phi) is 6.38. The van der Waals surface area contributed by atoms with Gasteiger partial charge in [0.05, 0.1) is 6.61 Å². The molecule has 1 aromatic rings. The highest BCUT2D eigenvalue weighted by Gasteiger charge is 2.12. The van der Waals surface area contributed by atoms with Gasteiger partial charge in [0.1, 0.15) is 0 Å². The number of aliphatic hydroxyl groups excluding tert-OH is 1. The maximum atomic E-state index is 11.7. The van der Waals surface area contributed by atoms with E-state index in [-0.39, 0.29) is 17.1 Å². The van der Waals surface area contributed by atoms with Crippen molar-refractivity contribution >= 4 is 34.0 Å². The van der Waals surface area contributed by atoms with Crippen LogP contribution in [0.4, 0.5) is 9.59 Å². The summed E-state index contributed by atoms with van der Waals surface area (Å²) in [5.41, 5.74) is 0.676. The molecule has 0 aliphatic rings. The second kappa shape index (κ2) is 7.56. The lowest BCUT2D eigenvalue weighted by molar-refractivity contribution is 0.240. The van der Waals surface area contributed by atoms with E-state index in [4.69, 9.17) is 0 Å². The van der Waals surface area contributed by atoms with Crippen LogP contribution in [0.15, 0.2) is 28.0 Å². The van der Waals surface area contributed by atoms with Gasteiger partial charge in [-0.25, -0.2) is 0 Å². The lowest BCUT2D eigenvalue weighted by Gasteiger charge is -2.12. The average molecular weight is 314 g/mol. The molecule has 0 aliphatic heterocycles. The fourth-order valence-corrected chi connectivity index (χ4v) is 2.86. The second-order valence-corrected chi connectivity index (χ2v) is 6.55. The number of hydrogen-bond acceptors (Lipinski definition) is 5. The summed E-state index contributed by atoms with van der Waals surface area (Å²) in [6, 6.07) is 5.27. The highest BCUT2D eigenvalue weighted by atomic mass is 32.2. The zero-order valence-corrected chi connectivity index (χ0v) is 13.5. The van der Waals surface area contributed by atoms with Crippen LogP contribution in [0, 0.1) is 0 Å². The molecule has 0 saturated carbocycles. The molecule has 7 heteroatoms. The van der Waals surface area contributed by atoms with Crippen molar-refractivity contribution in [1.29, 1.82) is 0 Å². The fraction of sp³-hybridized carbons (Fsp3) is 0.385. The van der Waals surface area contributed by atoms with E-state index in [0.29, 0.717) is 15.4 Å². The molecule has 2 amide bonds. The third kappa shape index (κ3) is 5.07. The van der Waals surface area contributed by atoms with Crippen LogP contribution in [-0.4, -0.2) is 53.6 Å². The van der Waals surface area contributed by atoms with Gasteiger partial charge in [-0.1, -0.05) is 0 Å². The smallest absolute Gasteiger partial charge is 0.285 e. The molecule has 0 bridgehead atoms. The Hall–Kier alpha value is -1.18. The Balaban J connectivity index is 2.96. The number of aliphatic hydroxyl groups is 1. The Labute approximate surface area is 127 Å². The lowest BCUT2D eigenvalue weighted by atomic mass is 10.2. The van der Waals surface area contributed by atoms with Crippen LogP contribution in [0.1, 0.15) is 5.56 Å². The summed E-state index contributed by atoms with van der Waals surface area (Å²) in [5.74, 6) is 0. The van der Waals surface area contributed by atoms with Crippen molar-refractivity contribution in [3.05, 3.63) is 23.8 Å². The first-order valence-corrected chi connectivity index (χ1v) is 7.50. The summed E-state index contributed by atoms with van der Waals surface area (Å²) in [5, 5.41) is 9.06. The molecule has 0 unspecified atom stereocenters. The summed E-state index contributed by atoms with van der Waals surface area (Å²) in [6.07, 6.45) is 0. The van der Waals surface area contributed by atoms with Crippen LogP contribution < -0.4 is 0 Å². The van der Waals surface area contributed by atoms with E-state index < -0.39 is 0 Å². The summed E-state index contributed by atoms with van der Waals surface area (Å²) in [4.78, 5) is 27.8. The minimum Gasteiger partial charge on any atom is -0.392 e. The average Bonchev–Trinajstić information content (AvgIpc) is 2.37. The number of carbonyl (C=O) groups excluding carboxylic acids is 2. The highest BCUT2D eigenvalue weighted by Crippen LogP contribution is 2.29. The Morgan fingerprint density at radius 2 is 1.35 bits per heavy atom. The van der Waals surface area contributed by atoms with Gasteiger partial charge in [-0.05, 0) is 47.3 Å². The maximum absolute atomic E-state index is 11.7. The molecule has 0 aliphatic carbocycles. The number of carbonyl (C=O) groups is 2. The van der Waals surface area contributed by atoms with Crippen LogP contribution in [0.25, 0.3) is 0 Å². The molecule has 110 valence electrons. The maximum Gasteiger partial charge on any atom is 0.285 e. The molecule has 1 N–H and O–H groups in total. The monoisotopic (exact) mass is 314 g/mol. The zero-order valence-electron chi connectivity index (χ0n) is 11.9. The van der Waals surface area contributed by atoms with Gasteiger partial charge in [0.2, 0.25) is 0 Å². The van der Waals surface area contributed by atoms with Gasteiger partial charge in [-0.15, -0.1) is 0 Å². The Bertz CT molecular complexity index is 464. The molecule has 0 fully saturated rings. The van der Waals surface area contributed by atoms with Crippen LogP contribution >= 0.6 is 23.5 Å². The molecule has 0 atom stereocenters. The predicted molar refractivity (Wildman–Crippen MR) is 82.2 cm³/mol. The minimum atomic E-state index is -0.131. The van der Waals surface area contributed by atoms with Crippen molar-refractivity contribution in [3.8, 4) is 0 Å². The fourth-order valence-electron chi connectivity index (χ4n) is 1.22. The van der Waals surface area contributed by atoms with Crippen molar-refractivity contribution in [2.24, 2.45) is 0 Å². The normalized spacial score (nSPS) is 10.2. The van der Waals surface area contributed by atoms with E-state index >= 15 is 0 Å². The van der Waals surface area contributed by atoms with Gasteiger partial charge in [0.25, 0.3) is 10.5 Å². The molecule has 0 saturated heterocycles. The van der Waals surface area contributed by atoms with Crippen LogP contribution in [-0.2, 0) is 6.61 Å². The largest absolute Gasteiger partial charge is 0.392 e. The first-order valence-electron chi connectivity index (χ1n) is 5.86. The van der Waals surface area contributed by atoms with Gasteiger partial charge in [0.15, 0.2) is 0 Å². The molecule has 20 heavy (non-hydrogen) atoms. The van der Waals surface area contributed by atoms with E-state index in [9.17, 15) is 14.7 Å². The summed E-state index contributed by atoms with van der Waals surface area (Å²) < 4.78 is 0. The number of nitrogens with zero attached hydrogens (tertiary/aromatic N) is 2. The van der Waals surface area contributed by atoms with Crippen LogP contribution in [0.3, 0.4) is 0 Å². The highest BCUT2D eigenvalue weighted by molar-refractivity contribution is 8.14. The Morgan fingerprint density at radius 1 is 0.950 bits per heavy atom. The van der Waals surface area contributed by atoms with Gasteiger partial charge >= 0.3 is 0 Å². The lowest BCUT2D eigenvalue weighted by Crippen LogP contribution is -2.16. The summed E-state index contributed by atoms with van der Waals surface area (Å²) in [7, 11) is 6.71. The number of hydrogen-bond donors (Lipinski definition) is 1. The topological polar surface area (TPSA) is 60.9 Å². The first kappa shape index (κ1) is 16.9. The van der Waals surface area contributed by atoms with Gasteiger partial charge in [-0.3, -0.25) is 9.59 Å². The number of thioether (sulfide) groups is 2. The molecule has 5 nitrogen and oxygen atoms in total. The van der Waals surface area contributed by atoms with E-state index in [1.165, 1.54) is 9.80 Å². The molecule has 0 heterocycles. The van der Waals surface area contributed by atoms with Crippen molar-refractivity contribution in [2.45, 2.75) is 16.4 Å². The minimum absolute atomic E-state index is 0.102. The van der Waals surface area contributed by atoms with Gasteiger partial charge < -0.3 is 14.9 Å². The molecular weight excluding hydrogens is 296 g/mol. The van der Waals surface area contributed by atoms with E-state index in [0.717, 1.165) is 23.5 Å². The molecule has 1 rings (SSSR count). The Morgan fingerprint density at radius 3 is 1.65 bits per heavy atom. The molecule has 1 aromatic carbocycles. The van der Waals surface area contributed by atoms with E-state index in [1.54, 1.807) is 46.4 Å². The summed E-state index contributed by atoms with van der Waals surface area (Å²) in [6.45, 7) is -0.131. The molecule has 0 radical (unpaired) electrons. The number of rotatable bonds is 3. The number of benzene rings is 1. The van der Waals surface area contributed by atoms with Crippen LogP contribution in [0.2, 0.25) is 0 Å². The second-order valence-electron chi connectivity index (χ2n) is 4.50. The van der Waals surface area contributed by atoms with Gasteiger partial charge in [0, 0.05) is 38.0 Å². The summed E-state index contributed by atoms with van der Waals surface area (Å²) >= 11 is 2.14. The van der Waals surface area contributed by atoms with Crippen molar-refractivity contribution < 1.29 is 14.7 Å². The molecule has 0 aromatic heterocycles. The quantitative estimate of drug-likeness (QED) is 0.869. The number of amides is 2. The van der Waals surface area contributed by atoms with Crippen molar-refractivity contribution in [1.82, 2.24) is 9.80 Å². The third-order valence-corrected chi connectivity index (χ3v) is 4.29. The van der Waals surface area contributed by atoms with Gasteiger partial charge in [-0.2, -0.15) is 0 Å². The van der Waals surface area contributed by atoms with E-state index in [1.807, 2.05) is 0 Å². The SMILES string of the molecule is CN(C)C(=O)Sc1cc(CO)cc(SC(=O)N(C)C)c1. The molecule has 0 spiro atoms. The first-order chi connectivity index (χ1) is 9.33. The van der Waals surface area contributed by atoms with Crippen molar-refractivity contribution in [3.63, 3.8) is 0 Å².